The highest BCUT2D eigenvalue weighted by Crippen LogP contribution is 2.27. The Bertz CT molecular complexity index is 1290. The molecule has 4 nitrogen and oxygen atoms in total. The van der Waals surface area contributed by atoms with Crippen LogP contribution in [0.5, 0.6) is 11.5 Å². The van der Waals surface area contributed by atoms with Gasteiger partial charge in [0.15, 0.2) is 0 Å². The highest BCUT2D eigenvalue weighted by molar-refractivity contribution is 5.91. The largest absolute Gasteiger partial charge is 0.423 e. The molecule has 4 aromatic carbocycles. The monoisotopic (exact) mass is 506 g/mol. The second-order valence-corrected chi connectivity index (χ2v) is 11.5. The van der Waals surface area contributed by atoms with Crippen LogP contribution in [0, 0.1) is 0 Å². The van der Waals surface area contributed by atoms with E-state index in [4.69, 9.17) is 9.47 Å². The normalized spacial score (nSPS) is 11.6. The van der Waals surface area contributed by atoms with Crippen LogP contribution in [-0.4, -0.2) is 11.9 Å². The van der Waals surface area contributed by atoms with Gasteiger partial charge in [0, 0.05) is 0 Å². The van der Waals surface area contributed by atoms with Crippen molar-refractivity contribution in [3.63, 3.8) is 0 Å². The minimum Gasteiger partial charge on any atom is -0.423 e. The van der Waals surface area contributed by atoms with E-state index < -0.39 is 11.9 Å². The van der Waals surface area contributed by atoms with Gasteiger partial charge in [-0.05, 0) is 81.6 Å². The number of benzene rings is 4. The van der Waals surface area contributed by atoms with E-state index in [2.05, 4.69) is 41.5 Å². The quantitative estimate of drug-likeness (QED) is 0.201. The zero-order valence-electron chi connectivity index (χ0n) is 22.9. The zero-order valence-corrected chi connectivity index (χ0v) is 22.9. The minimum absolute atomic E-state index is 0.0243. The van der Waals surface area contributed by atoms with Crippen molar-refractivity contribution >= 4 is 11.9 Å². The average molecular weight is 507 g/mol. The molecule has 0 aliphatic carbocycles. The number of carbonyl (C=O) groups is 2. The van der Waals surface area contributed by atoms with Gasteiger partial charge in [-0.3, -0.25) is 0 Å². The molecular formula is C34H34O4. The summed E-state index contributed by atoms with van der Waals surface area (Å²) >= 11 is 0. The number of carbonyl (C=O) groups excluding carboxylic acids is 2. The molecule has 0 bridgehead atoms. The van der Waals surface area contributed by atoms with Gasteiger partial charge in [0.25, 0.3) is 0 Å². The van der Waals surface area contributed by atoms with Gasteiger partial charge in [0.05, 0.1) is 11.1 Å². The van der Waals surface area contributed by atoms with Gasteiger partial charge >= 0.3 is 11.9 Å². The summed E-state index contributed by atoms with van der Waals surface area (Å²) in [6.45, 7) is 12.8. The van der Waals surface area contributed by atoms with E-state index in [0.717, 1.165) is 22.3 Å². The van der Waals surface area contributed by atoms with Gasteiger partial charge in [-0.2, -0.15) is 0 Å². The zero-order chi connectivity index (χ0) is 27.5. The molecule has 4 rings (SSSR count). The molecule has 0 saturated carbocycles. The third-order valence-electron chi connectivity index (χ3n) is 6.44. The molecule has 194 valence electrons. The molecule has 0 saturated heterocycles. The Labute approximate surface area is 225 Å². The molecule has 0 aromatic heterocycles. The van der Waals surface area contributed by atoms with Gasteiger partial charge < -0.3 is 9.47 Å². The van der Waals surface area contributed by atoms with Crippen molar-refractivity contribution in [2.24, 2.45) is 0 Å². The van der Waals surface area contributed by atoms with Crippen molar-refractivity contribution in [2.45, 2.75) is 52.4 Å². The lowest BCUT2D eigenvalue weighted by Gasteiger charge is -2.19. The molecule has 0 aliphatic heterocycles. The summed E-state index contributed by atoms with van der Waals surface area (Å²) in [5, 5.41) is 0. The molecule has 0 aliphatic rings. The Morgan fingerprint density at radius 1 is 0.447 bits per heavy atom. The summed E-state index contributed by atoms with van der Waals surface area (Å²) in [6, 6.07) is 29.7. The molecule has 0 N–H and O–H groups in total. The van der Waals surface area contributed by atoms with Gasteiger partial charge in [-0.25, -0.2) is 9.59 Å². The molecule has 0 atom stereocenters. The van der Waals surface area contributed by atoms with E-state index in [-0.39, 0.29) is 10.8 Å². The fourth-order valence-electron chi connectivity index (χ4n) is 3.98. The minimum atomic E-state index is -0.391. The predicted molar refractivity (Wildman–Crippen MR) is 152 cm³/mol. The number of hydrogen-bond acceptors (Lipinski definition) is 4. The van der Waals surface area contributed by atoms with Crippen LogP contribution in [-0.2, 0) is 10.8 Å². The average Bonchev–Trinajstić information content (AvgIpc) is 2.89. The highest BCUT2D eigenvalue weighted by atomic mass is 16.5. The number of hydrogen-bond donors (Lipinski definition) is 0. The van der Waals surface area contributed by atoms with E-state index >= 15 is 0 Å². The van der Waals surface area contributed by atoms with Gasteiger partial charge in [0.1, 0.15) is 11.5 Å². The molecule has 0 fully saturated rings. The lowest BCUT2D eigenvalue weighted by atomic mass is 9.87. The van der Waals surface area contributed by atoms with Gasteiger partial charge in [0.2, 0.25) is 0 Å². The SMILES string of the molecule is CC(C)(C)c1ccc(C(=O)Oc2ccc(-c3ccc(OC(=O)c4ccc(C(C)(C)C)cc4)cc3)cc2)cc1. The van der Waals surface area contributed by atoms with Crippen LogP contribution in [0.2, 0.25) is 0 Å². The lowest BCUT2D eigenvalue weighted by Crippen LogP contribution is -2.13. The lowest BCUT2D eigenvalue weighted by molar-refractivity contribution is 0.0725. The first-order valence-electron chi connectivity index (χ1n) is 12.8. The number of rotatable bonds is 5. The van der Waals surface area contributed by atoms with Crippen LogP contribution in [0.4, 0.5) is 0 Å². The maximum Gasteiger partial charge on any atom is 0.343 e. The molecule has 38 heavy (non-hydrogen) atoms. The van der Waals surface area contributed by atoms with Gasteiger partial charge in [-0.1, -0.05) is 90.1 Å². The van der Waals surface area contributed by atoms with E-state index in [1.807, 2.05) is 48.5 Å². The standard InChI is InChI=1S/C34H34O4/c1-33(2,3)27-15-7-25(8-16-27)31(35)37-29-19-11-23(12-20-29)24-13-21-30(22-14-24)38-32(36)26-9-17-28(18-10-26)34(4,5)6/h7-22H,1-6H3. The molecule has 0 amide bonds. The van der Waals surface area contributed by atoms with Crippen LogP contribution in [0.15, 0.2) is 97.1 Å². The van der Waals surface area contributed by atoms with E-state index in [9.17, 15) is 9.59 Å². The molecule has 0 heterocycles. The number of ether oxygens (including phenoxy) is 2. The van der Waals surface area contributed by atoms with Gasteiger partial charge in [-0.15, -0.1) is 0 Å². The summed E-state index contributed by atoms with van der Waals surface area (Å²) in [6.07, 6.45) is 0. The fraction of sp³-hybridized carbons (Fsp3) is 0.235. The van der Waals surface area contributed by atoms with Crippen LogP contribution in [0.1, 0.15) is 73.4 Å². The van der Waals surface area contributed by atoms with E-state index in [0.29, 0.717) is 22.6 Å². The van der Waals surface area contributed by atoms with Crippen molar-refractivity contribution in [3.05, 3.63) is 119 Å². The molecule has 0 spiro atoms. The van der Waals surface area contributed by atoms with Crippen LogP contribution < -0.4 is 9.47 Å². The first-order chi connectivity index (χ1) is 17.9. The Morgan fingerprint density at radius 2 is 0.737 bits per heavy atom. The Balaban J connectivity index is 1.36. The molecule has 0 radical (unpaired) electrons. The van der Waals surface area contributed by atoms with Crippen molar-refractivity contribution in [3.8, 4) is 22.6 Å². The topological polar surface area (TPSA) is 52.6 Å². The smallest absolute Gasteiger partial charge is 0.343 e. The summed E-state index contributed by atoms with van der Waals surface area (Å²) in [4.78, 5) is 25.1. The second kappa shape index (κ2) is 10.7. The summed E-state index contributed by atoms with van der Waals surface area (Å²) < 4.78 is 11.1. The Morgan fingerprint density at radius 3 is 1.00 bits per heavy atom. The maximum atomic E-state index is 12.6. The second-order valence-electron chi connectivity index (χ2n) is 11.5. The molecule has 0 unspecified atom stereocenters. The van der Waals surface area contributed by atoms with Crippen LogP contribution >= 0.6 is 0 Å². The van der Waals surface area contributed by atoms with E-state index in [1.165, 1.54) is 0 Å². The third-order valence-corrected chi connectivity index (χ3v) is 6.44. The van der Waals surface area contributed by atoms with Crippen molar-refractivity contribution in [1.82, 2.24) is 0 Å². The summed E-state index contributed by atoms with van der Waals surface area (Å²) in [5.74, 6) is 0.165. The Kier molecular flexibility index (Phi) is 7.54. The van der Waals surface area contributed by atoms with Crippen molar-refractivity contribution in [1.29, 1.82) is 0 Å². The van der Waals surface area contributed by atoms with E-state index in [1.54, 1.807) is 48.5 Å². The first kappa shape index (κ1) is 26.9. The third kappa shape index (κ3) is 6.57. The van der Waals surface area contributed by atoms with Crippen molar-refractivity contribution < 1.29 is 19.1 Å². The van der Waals surface area contributed by atoms with Crippen molar-refractivity contribution in [2.75, 3.05) is 0 Å². The van der Waals surface area contributed by atoms with Crippen LogP contribution in [0.3, 0.4) is 0 Å². The Hall–Kier alpha value is -4.18. The summed E-state index contributed by atoms with van der Waals surface area (Å²) in [7, 11) is 0. The first-order valence-corrected chi connectivity index (χ1v) is 12.8. The number of esters is 2. The molecular weight excluding hydrogens is 472 g/mol. The highest BCUT2D eigenvalue weighted by Gasteiger charge is 2.16. The maximum absolute atomic E-state index is 12.6. The van der Waals surface area contributed by atoms with Crippen LogP contribution in [0.25, 0.3) is 11.1 Å². The summed E-state index contributed by atoms with van der Waals surface area (Å²) in [5.41, 5.74) is 5.30. The molecule has 4 heteroatoms. The predicted octanol–water partition coefficient (Wildman–Crippen LogP) is 8.39. The molecule has 4 aromatic rings. The fourth-order valence-corrected chi connectivity index (χ4v) is 3.98.